The van der Waals surface area contributed by atoms with Crippen molar-refractivity contribution in [3.63, 3.8) is 0 Å². The van der Waals surface area contributed by atoms with Crippen molar-refractivity contribution in [1.82, 2.24) is 0 Å². The molecular formula is C27H42N+. The van der Waals surface area contributed by atoms with Crippen molar-refractivity contribution in [2.24, 2.45) is 12.5 Å². The normalized spacial score (nSPS) is 14.7. The van der Waals surface area contributed by atoms with Crippen LogP contribution in [0, 0.1) is 19.3 Å². The van der Waals surface area contributed by atoms with E-state index in [0.29, 0.717) is 0 Å². The maximum absolute atomic E-state index is 9.06. The van der Waals surface area contributed by atoms with Gasteiger partial charge in [0.15, 0.2) is 6.20 Å². The Morgan fingerprint density at radius 2 is 1.32 bits per heavy atom. The van der Waals surface area contributed by atoms with E-state index in [0.717, 1.165) is 16.8 Å². The van der Waals surface area contributed by atoms with E-state index in [2.05, 4.69) is 91.4 Å². The molecule has 1 aromatic carbocycles. The lowest BCUT2D eigenvalue weighted by molar-refractivity contribution is -0.661. The van der Waals surface area contributed by atoms with Crippen LogP contribution in [-0.2, 0) is 24.3 Å². The van der Waals surface area contributed by atoms with Crippen LogP contribution in [0.3, 0.4) is 0 Å². The smallest absolute Gasteiger partial charge is 0.201 e. The van der Waals surface area contributed by atoms with Gasteiger partial charge in [-0.3, -0.25) is 0 Å². The summed E-state index contributed by atoms with van der Waals surface area (Å²) in [7, 11) is 2.08. The first-order valence-electron chi connectivity index (χ1n) is 11.4. The van der Waals surface area contributed by atoms with Crippen LogP contribution in [0.25, 0.3) is 11.3 Å². The Hall–Kier alpha value is -1.63. The predicted octanol–water partition coefficient (Wildman–Crippen LogP) is 6.98. The van der Waals surface area contributed by atoms with Crippen molar-refractivity contribution < 1.29 is 7.31 Å². The summed E-state index contributed by atoms with van der Waals surface area (Å²) >= 11 is 0. The van der Waals surface area contributed by atoms with Crippen LogP contribution in [0.5, 0.6) is 0 Å². The third-order valence-corrected chi connectivity index (χ3v) is 5.25. The lowest BCUT2D eigenvalue weighted by Crippen LogP contribution is -2.35. The molecule has 0 saturated carbocycles. The summed E-state index contributed by atoms with van der Waals surface area (Å²) in [6.07, 6.45) is 0.689. The van der Waals surface area contributed by atoms with Crippen LogP contribution < -0.4 is 4.57 Å². The van der Waals surface area contributed by atoms with E-state index in [4.69, 9.17) is 2.74 Å². The Kier molecular flexibility index (Phi) is 5.14. The van der Waals surface area contributed by atoms with Crippen LogP contribution >= 0.6 is 0 Å². The van der Waals surface area contributed by atoms with Crippen LogP contribution in [0.4, 0.5) is 0 Å². The molecule has 2 aromatic rings. The number of rotatable bonds is 2. The predicted molar refractivity (Wildman–Crippen MR) is 123 cm³/mol. The molecule has 0 aliphatic rings. The zero-order valence-electron chi connectivity index (χ0n) is 22.3. The van der Waals surface area contributed by atoms with Crippen molar-refractivity contribution in [2.45, 2.75) is 93.4 Å². The van der Waals surface area contributed by atoms with Crippen LogP contribution in [0.15, 0.2) is 24.4 Å². The van der Waals surface area contributed by atoms with Gasteiger partial charge in [0, 0.05) is 19.9 Å². The number of aryl methyl sites for hydroxylation is 3. The van der Waals surface area contributed by atoms with Gasteiger partial charge in [0.1, 0.15) is 7.05 Å². The fourth-order valence-corrected chi connectivity index (χ4v) is 3.96. The summed E-state index contributed by atoms with van der Waals surface area (Å²) in [6.45, 7) is 23.6. The van der Waals surface area contributed by atoms with Gasteiger partial charge in [0.2, 0.25) is 5.69 Å². The topological polar surface area (TPSA) is 3.88 Å². The van der Waals surface area contributed by atoms with Gasteiger partial charge in [-0.2, -0.15) is 0 Å². The fraction of sp³-hybridized carbons (Fsp3) is 0.593. The summed E-state index contributed by atoms with van der Waals surface area (Å²) in [5.41, 5.74) is 7.37. The second kappa shape index (κ2) is 7.32. The first-order chi connectivity index (χ1) is 13.3. The highest BCUT2D eigenvalue weighted by Gasteiger charge is 2.28. The third kappa shape index (κ3) is 5.04. The zero-order chi connectivity index (χ0) is 23.4. The first kappa shape index (κ1) is 19.7. The van der Waals surface area contributed by atoms with Gasteiger partial charge in [-0.15, -0.1) is 0 Å². The largest absolute Gasteiger partial charge is 0.212 e. The SMILES string of the molecule is [2H]C([2H])(c1cc(-c2cc(C(C)(C)C)c(C)cc2C)[n+](C)cc1C(C)(C)C)C(C)(C)C. The molecule has 1 nitrogen and oxygen atoms in total. The minimum Gasteiger partial charge on any atom is -0.201 e. The van der Waals surface area contributed by atoms with Crippen molar-refractivity contribution >= 4 is 0 Å². The molecule has 0 N–H and O–H groups in total. The Morgan fingerprint density at radius 3 is 1.79 bits per heavy atom. The number of hydrogen-bond acceptors (Lipinski definition) is 0. The van der Waals surface area contributed by atoms with Gasteiger partial charge in [0.25, 0.3) is 0 Å². The number of aromatic nitrogens is 1. The Labute approximate surface area is 177 Å². The number of benzene rings is 1. The van der Waals surface area contributed by atoms with E-state index >= 15 is 0 Å². The minimum absolute atomic E-state index is 0.0549. The summed E-state index contributed by atoms with van der Waals surface area (Å²) in [4.78, 5) is 0. The van der Waals surface area contributed by atoms with Crippen molar-refractivity contribution in [3.8, 4) is 11.3 Å². The van der Waals surface area contributed by atoms with E-state index < -0.39 is 11.8 Å². The molecular weight excluding hydrogens is 338 g/mol. The third-order valence-electron chi connectivity index (χ3n) is 5.25. The van der Waals surface area contributed by atoms with Crippen LogP contribution in [-0.4, -0.2) is 0 Å². The molecule has 0 aliphatic heterocycles. The summed E-state index contributed by atoms with van der Waals surface area (Å²) < 4.78 is 20.3. The van der Waals surface area contributed by atoms with Crippen LogP contribution in [0.2, 0.25) is 0 Å². The number of pyridine rings is 1. The van der Waals surface area contributed by atoms with Crippen molar-refractivity contribution in [3.05, 3.63) is 52.2 Å². The lowest BCUT2D eigenvalue weighted by atomic mass is 9.78. The maximum atomic E-state index is 9.06. The fourth-order valence-electron chi connectivity index (χ4n) is 3.96. The second-order valence-electron chi connectivity index (χ2n) is 11.5. The average Bonchev–Trinajstić information content (AvgIpc) is 2.51. The first-order valence-corrected chi connectivity index (χ1v) is 10.4. The molecule has 0 saturated heterocycles. The van der Waals surface area contributed by atoms with E-state index in [9.17, 15) is 0 Å². The Balaban J connectivity index is 2.93. The molecule has 0 atom stereocenters. The van der Waals surface area contributed by atoms with E-state index in [-0.39, 0.29) is 10.8 Å². The Morgan fingerprint density at radius 1 is 0.786 bits per heavy atom. The van der Waals surface area contributed by atoms with Gasteiger partial charge < -0.3 is 0 Å². The summed E-state index contributed by atoms with van der Waals surface area (Å²) in [6, 6.07) is 6.69. The molecule has 2 rings (SSSR count). The zero-order valence-corrected chi connectivity index (χ0v) is 20.3. The molecule has 0 bridgehead atoms. The van der Waals surface area contributed by atoms with Gasteiger partial charge in [-0.1, -0.05) is 68.4 Å². The Bertz CT molecular complexity index is 949. The molecule has 1 aromatic heterocycles. The second-order valence-corrected chi connectivity index (χ2v) is 11.5. The molecule has 28 heavy (non-hydrogen) atoms. The molecule has 1 heteroatoms. The van der Waals surface area contributed by atoms with Crippen molar-refractivity contribution in [2.75, 3.05) is 0 Å². The van der Waals surface area contributed by atoms with E-state index in [1.807, 2.05) is 20.8 Å². The van der Waals surface area contributed by atoms with Gasteiger partial charge >= 0.3 is 0 Å². The maximum Gasteiger partial charge on any atom is 0.212 e. The highest BCUT2D eigenvalue weighted by atomic mass is 14.9. The average molecular weight is 383 g/mol. The molecule has 0 spiro atoms. The lowest BCUT2D eigenvalue weighted by Gasteiger charge is -2.27. The van der Waals surface area contributed by atoms with Crippen molar-refractivity contribution in [1.29, 1.82) is 0 Å². The van der Waals surface area contributed by atoms with Gasteiger partial charge in [0.05, 0.1) is 0 Å². The minimum atomic E-state index is -1.45. The molecule has 0 unspecified atom stereocenters. The molecule has 1 heterocycles. The van der Waals surface area contributed by atoms with E-state index in [1.54, 1.807) is 0 Å². The number of nitrogens with zero attached hydrogens (tertiary/aromatic N) is 1. The molecule has 0 fully saturated rings. The molecule has 0 radical (unpaired) electrons. The molecule has 154 valence electrons. The quantitative estimate of drug-likeness (QED) is 0.493. The van der Waals surface area contributed by atoms with Gasteiger partial charge in [-0.05, 0) is 64.8 Å². The summed E-state index contributed by atoms with van der Waals surface area (Å²) in [5, 5.41) is 0. The van der Waals surface area contributed by atoms with E-state index in [1.165, 1.54) is 22.3 Å². The summed E-state index contributed by atoms with van der Waals surface area (Å²) in [5.74, 6) is 0. The molecule has 0 amide bonds. The molecule has 0 aliphatic carbocycles. The highest BCUT2D eigenvalue weighted by molar-refractivity contribution is 5.65. The number of hydrogen-bond donors (Lipinski definition) is 0. The van der Waals surface area contributed by atoms with Crippen LogP contribution in [0.1, 0.15) is 92.9 Å². The monoisotopic (exact) mass is 382 g/mol. The standard InChI is InChI=1S/C27H42N/c1-18-13-19(2)22(26(6,7)8)15-21(18)24-14-20(16-25(3,4)5)23(17-28(24)12)27(9,10)11/h13-15,17H,16H2,1-12H3/q+1/i16D2. The van der Waals surface area contributed by atoms with Gasteiger partial charge in [-0.25, -0.2) is 4.57 Å². The highest BCUT2D eigenvalue weighted by Crippen LogP contribution is 2.35.